The van der Waals surface area contributed by atoms with E-state index < -0.39 is 5.82 Å². The maximum Gasteiger partial charge on any atom is 0.139 e. The Labute approximate surface area is 101 Å². The average molecular weight is 238 g/mol. The molecule has 0 saturated carbocycles. The Kier molecular flexibility index (Phi) is 5.63. The van der Waals surface area contributed by atoms with Crippen LogP contribution in [0.25, 0.3) is 0 Å². The van der Waals surface area contributed by atoms with Crippen LogP contribution in [0.1, 0.15) is 37.3 Å². The second-order valence-corrected chi connectivity index (χ2v) is 3.95. The lowest BCUT2D eigenvalue weighted by molar-refractivity contribution is 0.115. The zero-order chi connectivity index (χ0) is 12.7. The Bertz CT molecular complexity index is 380. The van der Waals surface area contributed by atoms with E-state index in [1.807, 2.05) is 0 Å². The lowest BCUT2D eigenvalue weighted by Gasteiger charge is -2.08. The number of hydrogen-bond donors (Lipinski definition) is 2. The van der Waals surface area contributed by atoms with Gasteiger partial charge in [-0.3, -0.25) is 5.41 Å². The van der Waals surface area contributed by atoms with Crippen LogP contribution in [0.5, 0.6) is 0 Å². The van der Waals surface area contributed by atoms with Gasteiger partial charge in [0.2, 0.25) is 0 Å². The van der Waals surface area contributed by atoms with Crippen molar-refractivity contribution in [2.45, 2.75) is 32.8 Å². The number of nitrogen functional groups attached to an aromatic ring is 1. The Balaban J connectivity index is 2.54. The standard InChI is InChI=1S/C13H19FN2O/c1-2-3-4-8-17-9-10-6-5-7-11(12(10)14)13(15)16/h5-7H,2-4,8-9H2,1H3,(H3,15,16). The van der Waals surface area contributed by atoms with Crippen LogP contribution in [0.4, 0.5) is 4.39 Å². The third-order valence-corrected chi connectivity index (χ3v) is 2.52. The molecule has 4 heteroatoms. The van der Waals surface area contributed by atoms with Crippen LogP contribution in [-0.4, -0.2) is 12.4 Å². The molecular weight excluding hydrogens is 219 g/mol. The molecule has 0 spiro atoms. The van der Waals surface area contributed by atoms with Gasteiger partial charge in [0.1, 0.15) is 11.7 Å². The summed E-state index contributed by atoms with van der Waals surface area (Å²) in [4.78, 5) is 0. The first-order valence-corrected chi connectivity index (χ1v) is 5.86. The minimum atomic E-state index is -0.449. The van der Waals surface area contributed by atoms with Crippen molar-refractivity contribution in [1.29, 1.82) is 5.41 Å². The summed E-state index contributed by atoms with van der Waals surface area (Å²) in [7, 11) is 0. The Morgan fingerprint density at radius 2 is 2.18 bits per heavy atom. The van der Waals surface area contributed by atoms with Gasteiger partial charge in [0.15, 0.2) is 0 Å². The Hall–Kier alpha value is -1.42. The van der Waals surface area contributed by atoms with E-state index >= 15 is 0 Å². The number of nitrogens with one attached hydrogen (secondary N) is 1. The molecule has 94 valence electrons. The topological polar surface area (TPSA) is 59.1 Å². The van der Waals surface area contributed by atoms with Crippen molar-refractivity contribution < 1.29 is 9.13 Å². The normalized spacial score (nSPS) is 10.5. The van der Waals surface area contributed by atoms with Crippen molar-refractivity contribution in [1.82, 2.24) is 0 Å². The fraction of sp³-hybridized carbons (Fsp3) is 0.462. The molecule has 3 N–H and O–H groups in total. The molecular formula is C13H19FN2O. The van der Waals surface area contributed by atoms with Crippen molar-refractivity contribution >= 4 is 5.84 Å². The fourth-order valence-electron chi connectivity index (χ4n) is 1.54. The maximum atomic E-state index is 13.8. The summed E-state index contributed by atoms with van der Waals surface area (Å²) in [6.45, 7) is 2.99. The van der Waals surface area contributed by atoms with Crippen molar-refractivity contribution in [3.05, 3.63) is 35.1 Å². The van der Waals surface area contributed by atoms with E-state index in [-0.39, 0.29) is 18.0 Å². The first-order valence-electron chi connectivity index (χ1n) is 5.86. The molecule has 0 unspecified atom stereocenters. The van der Waals surface area contributed by atoms with Crippen LogP contribution in [0.15, 0.2) is 18.2 Å². The number of amidine groups is 1. The van der Waals surface area contributed by atoms with Crippen molar-refractivity contribution in [3.63, 3.8) is 0 Å². The van der Waals surface area contributed by atoms with E-state index in [9.17, 15) is 4.39 Å². The SMILES string of the molecule is CCCCCOCc1cccc(C(=N)N)c1F. The fourth-order valence-corrected chi connectivity index (χ4v) is 1.54. The van der Waals surface area contributed by atoms with Gasteiger partial charge in [0, 0.05) is 12.2 Å². The van der Waals surface area contributed by atoms with Gasteiger partial charge in [-0.15, -0.1) is 0 Å². The highest BCUT2D eigenvalue weighted by molar-refractivity contribution is 5.95. The van der Waals surface area contributed by atoms with Gasteiger partial charge in [-0.1, -0.05) is 31.9 Å². The molecule has 0 heterocycles. The molecule has 0 fully saturated rings. The van der Waals surface area contributed by atoms with Crippen LogP contribution in [0.3, 0.4) is 0 Å². The summed E-state index contributed by atoms with van der Waals surface area (Å²) < 4.78 is 19.2. The zero-order valence-corrected chi connectivity index (χ0v) is 10.1. The lowest BCUT2D eigenvalue weighted by atomic mass is 10.1. The minimum absolute atomic E-state index is 0.139. The lowest BCUT2D eigenvalue weighted by Crippen LogP contribution is -2.14. The van der Waals surface area contributed by atoms with Crippen LogP contribution in [0.2, 0.25) is 0 Å². The van der Waals surface area contributed by atoms with Gasteiger partial charge >= 0.3 is 0 Å². The molecule has 1 rings (SSSR count). The van der Waals surface area contributed by atoms with Gasteiger partial charge in [-0.2, -0.15) is 0 Å². The molecule has 1 aromatic rings. The largest absolute Gasteiger partial charge is 0.384 e. The number of nitrogens with two attached hydrogens (primary N) is 1. The highest BCUT2D eigenvalue weighted by Crippen LogP contribution is 2.13. The van der Waals surface area contributed by atoms with Crippen LogP contribution >= 0.6 is 0 Å². The minimum Gasteiger partial charge on any atom is -0.384 e. The van der Waals surface area contributed by atoms with Gasteiger partial charge in [-0.25, -0.2) is 4.39 Å². The van der Waals surface area contributed by atoms with E-state index in [0.717, 1.165) is 19.3 Å². The molecule has 0 saturated heterocycles. The molecule has 0 radical (unpaired) electrons. The first-order chi connectivity index (χ1) is 8.16. The number of hydrogen-bond acceptors (Lipinski definition) is 2. The highest BCUT2D eigenvalue weighted by Gasteiger charge is 2.09. The van der Waals surface area contributed by atoms with E-state index in [1.165, 1.54) is 6.07 Å². The highest BCUT2D eigenvalue weighted by atomic mass is 19.1. The zero-order valence-electron chi connectivity index (χ0n) is 10.1. The van der Waals surface area contributed by atoms with Gasteiger partial charge < -0.3 is 10.5 Å². The van der Waals surface area contributed by atoms with E-state index in [1.54, 1.807) is 12.1 Å². The summed E-state index contributed by atoms with van der Waals surface area (Å²) in [6, 6.07) is 4.84. The molecule has 3 nitrogen and oxygen atoms in total. The molecule has 0 amide bonds. The average Bonchev–Trinajstić information content (AvgIpc) is 2.30. The number of halogens is 1. The third-order valence-electron chi connectivity index (χ3n) is 2.52. The molecule has 0 aliphatic carbocycles. The van der Waals surface area contributed by atoms with E-state index in [4.69, 9.17) is 15.9 Å². The number of rotatable bonds is 7. The van der Waals surface area contributed by atoms with Crippen molar-refractivity contribution in [2.75, 3.05) is 6.61 Å². The maximum absolute atomic E-state index is 13.8. The van der Waals surface area contributed by atoms with Gasteiger partial charge in [-0.05, 0) is 12.5 Å². The summed E-state index contributed by atoms with van der Waals surface area (Å²) >= 11 is 0. The van der Waals surface area contributed by atoms with Gasteiger partial charge in [0.25, 0.3) is 0 Å². The van der Waals surface area contributed by atoms with Crippen molar-refractivity contribution in [2.24, 2.45) is 5.73 Å². The molecule has 0 aliphatic rings. The van der Waals surface area contributed by atoms with Crippen LogP contribution in [-0.2, 0) is 11.3 Å². The predicted octanol–water partition coefficient (Wildman–Crippen LogP) is 2.82. The summed E-state index contributed by atoms with van der Waals surface area (Å²) in [6.07, 6.45) is 3.25. The molecule has 1 aromatic carbocycles. The Morgan fingerprint density at radius 1 is 1.41 bits per heavy atom. The second kappa shape index (κ2) is 7.01. The summed E-state index contributed by atoms with van der Waals surface area (Å²) in [5, 5.41) is 7.24. The molecule has 0 atom stereocenters. The number of ether oxygens (including phenoxy) is 1. The summed E-state index contributed by atoms with van der Waals surface area (Å²) in [5.74, 6) is -0.703. The van der Waals surface area contributed by atoms with Crippen LogP contribution in [0, 0.1) is 11.2 Å². The van der Waals surface area contributed by atoms with Crippen molar-refractivity contribution in [3.8, 4) is 0 Å². The second-order valence-electron chi connectivity index (χ2n) is 3.95. The molecule has 0 aromatic heterocycles. The number of benzene rings is 1. The van der Waals surface area contributed by atoms with Gasteiger partial charge in [0.05, 0.1) is 12.2 Å². The van der Waals surface area contributed by atoms with Crippen LogP contribution < -0.4 is 5.73 Å². The molecule has 0 aliphatic heterocycles. The summed E-state index contributed by atoms with van der Waals surface area (Å²) in [5.41, 5.74) is 5.87. The Morgan fingerprint density at radius 3 is 2.82 bits per heavy atom. The molecule has 0 bridgehead atoms. The van der Waals surface area contributed by atoms with E-state index in [2.05, 4.69) is 6.92 Å². The monoisotopic (exact) mass is 238 g/mol. The predicted molar refractivity (Wildman–Crippen MR) is 66.6 cm³/mol. The quantitative estimate of drug-likeness (QED) is 0.436. The molecule has 17 heavy (non-hydrogen) atoms. The smallest absolute Gasteiger partial charge is 0.139 e. The third kappa shape index (κ3) is 4.15. The number of unbranched alkanes of at least 4 members (excludes halogenated alkanes) is 2. The van der Waals surface area contributed by atoms with E-state index in [0.29, 0.717) is 12.2 Å². The first kappa shape index (κ1) is 13.6.